The average molecular weight is 461 g/mol. The van der Waals surface area contributed by atoms with Gasteiger partial charge in [-0.3, -0.25) is 9.78 Å². The van der Waals surface area contributed by atoms with Crippen molar-refractivity contribution in [2.45, 2.75) is 13.8 Å². The topological polar surface area (TPSA) is 100 Å². The number of H-pyrrole nitrogens is 1. The Morgan fingerprint density at radius 3 is 2.67 bits per heavy atom. The van der Waals surface area contributed by atoms with E-state index in [4.69, 9.17) is 23.2 Å². The number of hydrogen-bond donors (Lipinski definition) is 2. The van der Waals surface area contributed by atoms with Crippen LogP contribution in [0.5, 0.6) is 5.88 Å². The second kappa shape index (κ2) is 7.71. The van der Waals surface area contributed by atoms with E-state index in [1.54, 1.807) is 25.1 Å². The predicted octanol–water partition coefficient (Wildman–Crippen LogP) is 4.52. The summed E-state index contributed by atoms with van der Waals surface area (Å²) in [5, 5.41) is 11.8. The standard InChI is InChI=1S/C20H14Cl2N4O3S/c1-9-3-4-10(2)15(5-9)26-18(28)11(17(27)25-20(26)29)8-23-19-24-14-6-12(21)13(22)7-16(14)30-19/h3-8,28H,1-2H3,(H,25,27,29). The van der Waals surface area contributed by atoms with Crippen LogP contribution in [0.1, 0.15) is 16.7 Å². The lowest BCUT2D eigenvalue weighted by molar-refractivity contribution is 0.430. The summed E-state index contributed by atoms with van der Waals surface area (Å²) >= 11 is 13.3. The van der Waals surface area contributed by atoms with Crippen molar-refractivity contribution in [3.8, 4) is 11.6 Å². The van der Waals surface area contributed by atoms with Gasteiger partial charge in [-0.05, 0) is 43.2 Å². The first-order valence-corrected chi connectivity index (χ1v) is 10.3. The van der Waals surface area contributed by atoms with E-state index in [1.807, 2.05) is 19.1 Å². The summed E-state index contributed by atoms with van der Waals surface area (Å²) in [6.07, 6.45) is 1.18. The zero-order valence-corrected chi connectivity index (χ0v) is 18.1. The lowest BCUT2D eigenvalue weighted by Crippen LogP contribution is -2.31. The molecule has 0 amide bonds. The fraction of sp³-hybridized carbons (Fsp3) is 0.100. The van der Waals surface area contributed by atoms with Gasteiger partial charge in [-0.25, -0.2) is 19.3 Å². The molecule has 0 aliphatic rings. The number of benzene rings is 2. The van der Waals surface area contributed by atoms with Crippen molar-refractivity contribution >= 4 is 56.1 Å². The van der Waals surface area contributed by atoms with Crippen molar-refractivity contribution in [3.63, 3.8) is 0 Å². The predicted molar refractivity (Wildman–Crippen MR) is 121 cm³/mol. The Bertz CT molecular complexity index is 1410. The van der Waals surface area contributed by atoms with E-state index in [0.29, 0.717) is 26.4 Å². The normalized spacial score (nSPS) is 11.6. The molecule has 152 valence electrons. The maximum atomic E-state index is 12.4. The van der Waals surface area contributed by atoms with Crippen molar-refractivity contribution in [3.05, 3.63) is 77.9 Å². The number of thiazole rings is 1. The van der Waals surface area contributed by atoms with Gasteiger partial charge in [-0.2, -0.15) is 0 Å². The third kappa shape index (κ3) is 3.65. The van der Waals surface area contributed by atoms with Crippen LogP contribution in [0.15, 0.2) is 44.9 Å². The zero-order valence-electron chi connectivity index (χ0n) is 15.7. The van der Waals surface area contributed by atoms with Crippen LogP contribution in [0.2, 0.25) is 10.0 Å². The molecule has 4 rings (SSSR count). The molecule has 10 heteroatoms. The molecule has 0 aliphatic carbocycles. The third-order valence-corrected chi connectivity index (χ3v) is 6.10. The fourth-order valence-electron chi connectivity index (χ4n) is 2.93. The molecule has 2 aromatic carbocycles. The van der Waals surface area contributed by atoms with E-state index < -0.39 is 17.1 Å². The smallest absolute Gasteiger partial charge is 0.335 e. The highest BCUT2D eigenvalue weighted by Crippen LogP contribution is 2.34. The molecule has 2 aromatic heterocycles. The molecule has 0 bridgehead atoms. The van der Waals surface area contributed by atoms with Gasteiger partial charge >= 0.3 is 5.69 Å². The molecular formula is C20H14Cl2N4O3S. The Kier molecular flexibility index (Phi) is 5.23. The monoisotopic (exact) mass is 460 g/mol. The summed E-state index contributed by atoms with van der Waals surface area (Å²) in [6, 6.07) is 8.77. The molecular weight excluding hydrogens is 447 g/mol. The number of rotatable bonds is 3. The number of aromatic amines is 1. The van der Waals surface area contributed by atoms with Crippen LogP contribution in [0.3, 0.4) is 0 Å². The quantitative estimate of drug-likeness (QED) is 0.439. The SMILES string of the molecule is Cc1ccc(C)c(-n2c(O)c(C=Nc3nc4cc(Cl)c(Cl)cc4s3)c(=O)[nH]c2=O)c1. The van der Waals surface area contributed by atoms with Crippen LogP contribution in [-0.2, 0) is 0 Å². The summed E-state index contributed by atoms with van der Waals surface area (Å²) < 4.78 is 1.82. The Balaban J connectivity index is 1.83. The first kappa shape index (κ1) is 20.3. The van der Waals surface area contributed by atoms with Gasteiger partial charge in [0, 0.05) is 6.21 Å². The van der Waals surface area contributed by atoms with Gasteiger partial charge in [-0.1, -0.05) is 46.7 Å². The highest BCUT2D eigenvalue weighted by Gasteiger charge is 2.16. The molecule has 0 radical (unpaired) electrons. The summed E-state index contributed by atoms with van der Waals surface area (Å²) in [5.41, 5.74) is 1.07. The Labute approximate surface area is 183 Å². The number of nitrogens with zero attached hydrogens (tertiary/aromatic N) is 3. The van der Waals surface area contributed by atoms with Gasteiger partial charge in [0.15, 0.2) is 0 Å². The van der Waals surface area contributed by atoms with Crippen LogP contribution in [0.4, 0.5) is 5.13 Å². The van der Waals surface area contributed by atoms with Gasteiger partial charge < -0.3 is 5.11 Å². The van der Waals surface area contributed by atoms with Crippen molar-refractivity contribution in [2.75, 3.05) is 0 Å². The van der Waals surface area contributed by atoms with Crippen LogP contribution in [0, 0.1) is 13.8 Å². The van der Waals surface area contributed by atoms with Crippen LogP contribution < -0.4 is 11.2 Å². The summed E-state index contributed by atoms with van der Waals surface area (Å²) in [4.78, 5) is 35.5. The number of aromatic hydroxyl groups is 1. The molecule has 0 unspecified atom stereocenters. The third-order valence-electron chi connectivity index (χ3n) is 4.45. The van der Waals surface area contributed by atoms with Crippen molar-refractivity contribution in [2.24, 2.45) is 4.99 Å². The van der Waals surface area contributed by atoms with Gasteiger partial charge in [0.2, 0.25) is 11.0 Å². The van der Waals surface area contributed by atoms with Crippen LogP contribution in [0.25, 0.3) is 15.9 Å². The minimum absolute atomic E-state index is 0.161. The fourth-order valence-corrected chi connectivity index (χ4v) is 4.14. The van der Waals surface area contributed by atoms with Crippen molar-refractivity contribution < 1.29 is 5.11 Å². The molecule has 7 nitrogen and oxygen atoms in total. The number of fused-ring (bicyclic) bond motifs is 1. The van der Waals surface area contributed by atoms with Gasteiger partial charge in [0.25, 0.3) is 5.56 Å². The molecule has 2 heterocycles. The van der Waals surface area contributed by atoms with Gasteiger partial charge in [-0.15, -0.1) is 0 Å². The van der Waals surface area contributed by atoms with Gasteiger partial charge in [0.05, 0.1) is 25.9 Å². The lowest BCUT2D eigenvalue weighted by Gasteiger charge is -2.12. The number of halogens is 2. The van der Waals surface area contributed by atoms with E-state index in [9.17, 15) is 14.7 Å². The summed E-state index contributed by atoms with van der Waals surface area (Å²) in [7, 11) is 0. The number of aliphatic imine (C=N–C) groups is 1. The molecule has 0 spiro atoms. The lowest BCUT2D eigenvalue weighted by atomic mass is 10.1. The summed E-state index contributed by atoms with van der Waals surface area (Å²) in [5.74, 6) is -0.506. The Morgan fingerprint density at radius 2 is 1.90 bits per heavy atom. The molecule has 4 aromatic rings. The second-order valence-electron chi connectivity index (χ2n) is 6.61. The van der Waals surface area contributed by atoms with E-state index in [0.717, 1.165) is 20.4 Å². The van der Waals surface area contributed by atoms with Crippen molar-refractivity contribution in [1.82, 2.24) is 14.5 Å². The molecule has 0 saturated carbocycles. The number of aromatic nitrogens is 3. The molecule has 0 fully saturated rings. The molecule has 2 N–H and O–H groups in total. The number of nitrogens with one attached hydrogen (secondary N) is 1. The second-order valence-corrected chi connectivity index (χ2v) is 8.43. The van der Waals surface area contributed by atoms with E-state index in [1.165, 1.54) is 17.6 Å². The van der Waals surface area contributed by atoms with Gasteiger partial charge in [0.1, 0.15) is 5.56 Å². The Hall–Kier alpha value is -2.94. The first-order chi connectivity index (χ1) is 14.2. The molecule has 0 atom stereocenters. The van der Waals surface area contributed by atoms with Crippen LogP contribution in [-0.4, -0.2) is 25.9 Å². The number of hydrogen-bond acceptors (Lipinski definition) is 6. The largest absolute Gasteiger partial charge is 0.493 e. The number of aryl methyl sites for hydroxylation is 2. The average Bonchev–Trinajstić information content (AvgIpc) is 3.06. The van der Waals surface area contributed by atoms with Crippen LogP contribution >= 0.6 is 34.5 Å². The van der Waals surface area contributed by atoms with E-state index in [2.05, 4.69) is 15.0 Å². The Morgan fingerprint density at radius 1 is 1.17 bits per heavy atom. The highest BCUT2D eigenvalue weighted by atomic mass is 35.5. The maximum Gasteiger partial charge on any atom is 0.335 e. The van der Waals surface area contributed by atoms with E-state index >= 15 is 0 Å². The summed E-state index contributed by atoms with van der Waals surface area (Å²) in [6.45, 7) is 3.67. The molecule has 30 heavy (non-hydrogen) atoms. The zero-order chi connectivity index (χ0) is 21.6. The highest BCUT2D eigenvalue weighted by molar-refractivity contribution is 7.22. The van der Waals surface area contributed by atoms with Crippen molar-refractivity contribution in [1.29, 1.82) is 0 Å². The molecule has 0 aliphatic heterocycles. The molecule has 0 saturated heterocycles. The first-order valence-electron chi connectivity index (χ1n) is 8.70. The van der Waals surface area contributed by atoms with E-state index in [-0.39, 0.29) is 5.56 Å². The minimum Gasteiger partial charge on any atom is -0.493 e. The minimum atomic E-state index is -0.755. The maximum absolute atomic E-state index is 12.4.